The summed E-state index contributed by atoms with van der Waals surface area (Å²) < 4.78 is 0. The number of carboxylic acids is 1. The van der Waals surface area contributed by atoms with Crippen molar-refractivity contribution in [2.24, 2.45) is 5.92 Å². The van der Waals surface area contributed by atoms with Gasteiger partial charge in [0.1, 0.15) is 0 Å². The van der Waals surface area contributed by atoms with Crippen LogP contribution in [0.5, 0.6) is 0 Å². The minimum atomic E-state index is -0.658. The summed E-state index contributed by atoms with van der Waals surface area (Å²) in [5.74, 6) is -0.0612. The summed E-state index contributed by atoms with van der Waals surface area (Å²) in [6.07, 6.45) is 4.82. The molecule has 1 aliphatic heterocycles. The third kappa shape index (κ3) is 6.64. The molecule has 100 valence electrons. The minimum absolute atomic E-state index is 0.330. The molecule has 0 aromatic carbocycles. The standard InChI is InChI=1S/C13H26N2O2/c1-14(2)8-4-10-15-9-3-5-12(11-15)6-7-13(16)17/h12H,3-11H2,1-2H3,(H,16,17). The second kappa shape index (κ2) is 7.67. The van der Waals surface area contributed by atoms with Crippen LogP contribution in [0.3, 0.4) is 0 Å². The first kappa shape index (κ1) is 14.5. The lowest BCUT2D eigenvalue weighted by atomic mass is 9.93. The molecule has 1 fully saturated rings. The Balaban J connectivity index is 2.17. The SMILES string of the molecule is CN(C)CCCN1CCCC(CCC(=O)O)C1. The Labute approximate surface area is 105 Å². The fourth-order valence-electron chi connectivity index (χ4n) is 2.53. The van der Waals surface area contributed by atoms with Crippen molar-refractivity contribution in [3.63, 3.8) is 0 Å². The van der Waals surface area contributed by atoms with Gasteiger partial charge >= 0.3 is 5.97 Å². The first-order valence-corrected chi connectivity index (χ1v) is 6.67. The molecule has 1 saturated heterocycles. The van der Waals surface area contributed by atoms with E-state index in [0.717, 1.165) is 26.1 Å². The van der Waals surface area contributed by atoms with Crippen LogP contribution in [0.1, 0.15) is 32.1 Å². The van der Waals surface area contributed by atoms with E-state index >= 15 is 0 Å². The van der Waals surface area contributed by atoms with Crippen molar-refractivity contribution >= 4 is 5.97 Å². The Hall–Kier alpha value is -0.610. The van der Waals surface area contributed by atoms with Gasteiger partial charge in [-0.1, -0.05) is 0 Å². The largest absolute Gasteiger partial charge is 0.481 e. The Morgan fingerprint density at radius 3 is 2.88 bits per heavy atom. The summed E-state index contributed by atoms with van der Waals surface area (Å²) in [5, 5.41) is 8.69. The van der Waals surface area contributed by atoms with Gasteiger partial charge in [0.15, 0.2) is 0 Å². The highest BCUT2D eigenvalue weighted by atomic mass is 16.4. The fourth-order valence-corrected chi connectivity index (χ4v) is 2.53. The van der Waals surface area contributed by atoms with E-state index < -0.39 is 5.97 Å². The van der Waals surface area contributed by atoms with Gasteiger partial charge in [0.25, 0.3) is 0 Å². The number of aliphatic carboxylic acids is 1. The zero-order chi connectivity index (χ0) is 12.7. The van der Waals surface area contributed by atoms with Gasteiger partial charge in [-0.3, -0.25) is 4.79 Å². The van der Waals surface area contributed by atoms with Gasteiger partial charge in [0.2, 0.25) is 0 Å². The van der Waals surface area contributed by atoms with Gasteiger partial charge < -0.3 is 14.9 Å². The first-order chi connectivity index (χ1) is 8.08. The van der Waals surface area contributed by atoms with Crippen molar-refractivity contribution in [3.8, 4) is 0 Å². The minimum Gasteiger partial charge on any atom is -0.481 e. The lowest BCUT2D eigenvalue weighted by Gasteiger charge is -2.32. The molecule has 1 N–H and O–H groups in total. The average Bonchev–Trinajstić information content (AvgIpc) is 2.26. The molecule has 1 rings (SSSR count). The maximum absolute atomic E-state index is 10.6. The van der Waals surface area contributed by atoms with Crippen LogP contribution < -0.4 is 0 Å². The first-order valence-electron chi connectivity index (χ1n) is 6.67. The molecule has 1 heterocycles. The fraction of sp³-hybridized carbons (Fsp3) is 0.923. The predicted octanol–water partition coefficient (Wildman–Crippen LogP) is 1.51. The van der Waals surface area contributed by atoms with E-state index in [1.54, 1.807) is 0 Å². The number of carboxylic acid groups (broad SMARTS) is 1. The van der Waals surface area contributed by atoms with Crippen molar-refractivity contribution in [2.75, 3.05) is 40.3 Å². The molecule has 1 unspecified atom stereocenters. The molecule has 4 nitrogen and oxygen atoms in total. The average molecular weight is 242 g/mol. The topological polar surface area (TPSA) is 43.8 Å². The van der Waals surface area contributed by atoms with Crippen molar-refractivity contribution in [1.82, 2.24) is 9.80 Å². The van der Waals surface area contributed by atoms with Crippen molar-refractivity contribution in [2.45, 2.75) is 32.1 Å². The molecule has 0 aromatic heterocycles. The molecule has 1 atom stereocenters. The molecule has 0 spiro atoms. The van der Waals surface area contributed by atoms with E-state index in [-0.39, 0.29) is 0 Å². The molecule has 17 heavy (non-hydrogen) atoms. The third-order valence-electron chi connectivity index (χ3n) is 3.45. The van der Waals surface area contributed by atoms with Gasteiger partial charge in [-0.05, 0) is 65.3 Å². The molecule has 0 radical (unpaired) electrons. The zero-order valence-electron chi connectivity index (χ0n) is 11.2. The van der Waals surface area contributed by atoms with E-state index in [4.69, 9.17) is 5.11 Å². The second-order valence-electron chi connectivity index (χ2n) is 5.40. The van der Waals surface area contributed by atoms with E-state index in [1.165, 1.54) is 25.8 Å². The van der Waals surface area contributed by atoms with Crippen LogP contribution in [-0.2, 0) is 4.79 Å². The summed E-state index contributed by atoms with van der Waals surface area (Å²) >= 11 is 0. The molecule has 0 amide bonds. The zero-order valence-corrected chi connectivity index (χ0v) is 11.2. The summed E-state index contributed by atoms with van der Waals surface area (Å²) in [4.78, 5) is 15.3. The van der Waals surface area contributed by atoms with E-state index in [2.05, 4.69) is 23.9 Å². The number of nitrogens with zero attached hydrogens (tertiary/aromatic N) is 2. The Bertz CT molecular complexity index is 231. The summed E-state index contributed by atoms with van der Waals surface area (Å²) in [6.45, 7) is 4.58. The number of hydrogen-bond acceptors (Lipinski definition) is 3. The van der Waals surface area contributed by atoms with E-state index in [0.29, 0.717) is 12.3 Å². The van der Waals surface area contributed by atoms with Gasteiger partial charge in [-0.2, -0.15) is 0 Å². The maximum Gasteiger partial charge on any atom is 0.303 e. The van der Waals surface area contributed by atoms with Crippen molar-refractivity contribution in [1.29, 1.82) is 0 Å². The number of rotatable bonds is 7. The van der Waals surface area contributed by atoms with Crippen molar-refractivity contribution in [3.05, 3.63) is 0 Å². The van der Waals surface area contributed by atoms with Gasteiger partial charge in [0.05, 0.1) is 0 Å². The quantitative estimate of drug-likeness (QED) is 0.735. The van der Waals surface area contributed by atoms with Crippen LogP contribution in [0.4, 0.5) is 0 Å². The number of likely N-dealkylation sites (tertiary alicyclic amines) is 1. The smallest absolute Gasteiger partial charge is 0.303 e. The van der Waals surface area contributed by atoms with Gasteiger partial charge in [0, 0.05) is 13.0 Å². The van der Waals surface area contributed by atoms with Crippen LogP contribution in [0.15, 0.2) is 0 Å². The molecule has 0 bridgehead atoms. The van der Waals surface area contributed by atoms with Crippen LogP contribution in [0.2, 0.25) is 0 Å². The second-order valence-corrected chi connectivity index (χ2v) is 5.40. The Kier molecular flexibility index (Phi) is 6.52. The lowest BCUT2D eigenvalue weighted by molar-refractivity contribution is -0.137. The molecule has 1 aliphatic rings. The molecular formula is C13H26N2O2. The summed E-state index contributed by atoms with van der Waals surface area (Å²) in [5.41, 5.74) is 0. The highest BCUT2D eigenvalue weighted by molar-refractivity contribution is 5.66. The summed E-state index contributed by atoms with van der Waals surface area (Å²) in [7, 11) is 4.21. The molecule has 0 aromatic rings. The molecule has 4 heteroatoms. The Morgan fingerprint density at radius 2 is 2.24 bits per heavy atom. The van der Waals surface area contributed by atoms with Crippen LogP contribution in [0, 0.1) is 5.92 Å². The highest BCUT2D eigenvalue weighted by Crippen LogP contribution is 2.20. The predicted molar refractivity (Wildman–Crippen MR) is 69.2 cm³/mol. The molecular weight excluding hydrogens is 216 g/mol. The highest BCUT2D eigenvalue weighted by Gasteiger charge is 2.19. The monoisotopic (exact) mass is 242 g/mol. The number of hydrogen-bond donors (Lipinski definition) is 1. The molecule has 0 saturated carbocycles. The third-order valence-corrected chi connectivity index (χ3v) is 3.45. The molecule has 0 aliphatic carbocycles. The van der Waals surface area contributed by atoms with Crippen molar-refractivity contribution < 1.29 is 9.90 Å². The van der Waals surface area contributed by atoms with Gasteiger partial charge in [-0.15, -0.1) is 0 Å². The lowest BCUT2D eigenvalue weighted by Crippen LogP contribution is -2.37. The van der Waals surface area contributed by atoms with Crippen LogP contribution in [-0.4, -0.2) is 61.2 Å². The number of piperidine rings is 1. The van der Waals surface area contributed by atoms with Gasteiger partial charge in [-0.25, -0.2) is 0 Å². The van der Waals surface area contributed by atoms with E-state index in [1.807, 2.05) is 0 Å². The maximum atomic E-state index is 10.6. The summed E-state index contributed by atoms with van der Waals surface area (Å²) in [6, 6.07) is 0. The van der Waals surface area contributed by atoms with E-state index in [9.17, 15) is 4.79 Å². The van der Waals surface area contributed by atoms with Crippen LogP contribution in [0.25, 0.3) is 0 Å². The van der Waals surface area contributed by atoms with Crippen LogP contribution >= 0.6 is 0 Å². The number of carbonyl (C=O) groups is 1. The normalized spacial score (nSPS) is 21.9. The Morgan fingerprint density at radius 1 is 1.47 bits per heavy atom.